The molecule has 0 bridgehead atoms. The summed E-state index contributed by atoms with van der Waals surface area (Å²) < 4.78 is 11.4. The van der Waals surface area contributed by atoms with Crippen LogP contribution in [0.2, 0.25) is 0 Å². The van der Waals surface area contributed by atoms with Crippen LogP contribution < -0.4 is 10.1 Å². The molecule has 124 valence electrons. The smallest absolute Gasteiger partial charge is 0.119 e. The van der Waals surface area contributed by atoms with Crippen molar-refractivity contribution in [3.05, 3.63) is 29.8 Å². The van der Waals surface area contributed by atoms with Gasteiger partial charge in [-0.15, -0.1) is 0 Å². The quantitative estimate of drug-likeness (QED) is 0.647. The van der Waals surface area contributed by atoms with E-state index in [9.17, 15) is 0 Å². The van der Waals surface area contributed by atoms with E-state index in [2.05, 4.69) is 43.4 Å². The van der Waals surface area contributed by atoms with E-state index in [1.807, 2.05) is 0 Å². The lowest BCUT2D eigenvalue weighted by Gasteiger charge is -2.15. The molecule has 2 unspecified atom stereocenters. The van der Waals surface area contributed by atoms with Gasteiger partial charge < -0.3 is 14.8 Å². The van der Waals surface area contributed by atoms with Gasteiger partial charge in [-0.2, -0.15) is 0 Å². The maximum absolute atomic E-state index is 5.80. The topological polar surface area (TPSA) is 30.5 Å². The zero-order valence-electron chi connectivity index (χ0n) is 14.1. The van der Waals surface area contributed by atoms with E-state index >= 15 is 0 Å². The Labute approximate surface area is 135 Å². The zero-order valence-corrected chi connectivity index (χ0v) is 14.1. The molecule has 1 N–H and O–H groups in total. The van der Waals surface area contributed by atoms with Crippen LogP contribution in [0.1, 0.15) is 64.0 Å². The maximum atomic E-state index is 5.80. The number of hydrogen-bond donors (Lipinski definition) is 1. The molecule has 0 aliphatic carbocycles. The summed E-state index contributed by atoms with van der Waals surface area (Å²) in [5, 5.41) is 3.59. The van der Waals surface area contributed by atoms with E-state index in [0.717, 1.165) is 31.7 Å². The average molecular weight is 305 g/mol. The molecule has 3 nitrogen and oxygen atoms in total. The fraction of sp³-hybridized carbons (Fsp3) is 0.684. The predicted molar refractivity (Wildman–Crippen MR) is 91.5 cm³/mol. The SMILES string of the molecule is CCCCCCNC(C)c1ccc(OCC2CCCO2)cc1. The lowest BCUT2D eigenvalue weighted by molar-refractivity contribution is 0.0679. The van der Waals surface area contributed by atoms with Gasteiger partial charge in [0.25, 0.3) is 0 Å². The highest BCUT2D eigenvalue weighted by Crippen LogP contribution is 2.19. The monoisotopic (exact) mass is 305 g/mol. The van der Waals surface area contributed by atoms with Crippen LogP contribution in [0, 0.1) is 0 Å². The Hall–Kier alpha value is -1.06. The zero-order chi connectivity index (χ0) is 15.6. The summed E-state index contributed by atoms with van der Waals surface area (Å²) in [5.41, 5.74) is 1.32. The number of nitrogens with one attached hydrogen (secondary N) is 1. The molecule has 0 aromatic heterocycles. The summed E-state index contributed by atoms with van der Waals surface area (Å²) >= 11 is 0. The van der Waals surface area contributed by atoms with Crippen LogP contribution in [-0.2, 0) is 4.74 Å². The summed E-state index contributed by atoms with van der Waals surface area (Å²) in [6.07, 6.45) is 7.79. The van der Waals surface area contributed by atoms with E-state index in [1.165, 1.54) is 31.2 Å². The third-order valence-corrected chi connectivity index (χ3v) is 4.32. The molecule has 1 aliphatic rings. The standard InChI is InChI=1S/C19H31NO2/c1-3-4-5-6-13-20-16(2)17-9-11-18(12-10-17)22-15-19-8-7-14-21-19/h9-12,16,19-20H,3-8,13-15H2,1-2H3. The molecule has 0 saturated carbocycles. The first kappa shape index (κ1) is 17.3. The largest absolute Gasteiger partial charge is 0.491 e. The van der Waals surface area contributed by atoms with Gasteiger partial charge in [-0.25, -0.2) is 0 Å². The first-order valence-electron chi connectivity index (χ1n) is 8.87. The van der Waals surface area contributed by atoms with Crippen LogP contribution in [0.25, 0.3) is 0 Å². The lowest BCUT2D eigenvalue weighted by atomic mass is 10.1. The number of benzene rings is 1. The lowest BCUT2D eigenvalue weighted by Crippen LogP contribution is -2.20. The number of rotatable bonds is 10. The van der Waals surface area contributed by atoms with E-state index in [4.69, 9.17) is 9.47 Å². The molecule has 0 radical (unpaired) electrons. The Balaban J connectivity index is 1.68. The molecule has 1 saturated heterocycles. The van der Waals surface area contributed by atoms with Gasteiger partial charge in [0.05, 0.1) is 6.10 Å². The average Bonchev–Trinajstić information content (AvgIpc) is 3.06. The Morgan fingerprint density at radius 2 is 2.05 bits per heavy atom. The summed E-state index contributed by atoms with van der Waals surface area (Å²) in [6, 6.07) is 8.86. The van der Waals surface area contributed by atoms with Crippen LogP contribution in [0.4, 0.5) is 0 Å². The van der Waals surface area contributed by atoms with E-state index < -0.39 is 0 Å². The van der Waals surface area contributed by atoms with Crippen LogP contribution in [0.5, 0.6) is 5.75 Å². The van der Waals surface area contributed by atoms with Crippen molar-refractivity contribution in [1.29, 1.82) is 0 Å². The van der Waals surface area contributed by atoms with Crippen molar-refractivity contribution in [3.63, 3.8) is 0 Å². The molecular formula is C19H31NO2. The molecular weight excluding hydrogens is 274 g/mol. The fourth-order valence-electron chi connectivity index (χ4n) is 2.81. The fourth-order valence-corrected chi connectivity index (χ4v) is 2.81. The molecule has 2 atom stereocenters. The minimum Gasteiger partial charge on any atom is -0.491 e. The Morgan fingerprint density at radius 3 is 2.73 bits per heavy atom. The highest BCUT2D eigenvalue weighted by molar-refractivity contribution is 5.29. The molecule has 0 spiro atoms. The van der Waals surface area contributed by atoms with Crippen molar-refractivity contribution in [1.82, 2.24) is 5.32 Å². The van der Waals surface area contributed by atoms with Crippen LogP contribution >= 0.6 is 0 Å². The van der Waals surface area contributed by atoms with Gasteiger partial charge >= 0.3 is 0 Å². The van der Waals surface area contributed by atoms with Gasteiger partial charge in [0.2, 0.25) is 0 Å². The van der Waals surface area contributed by atoms with Gasteiger partial charge in [-0.3, -0.25) is 0 Å². The molecule has 22 heavy (non-hydrogen) atoms. The molecule has 2 rings (SSSR count). The van der Waals surface area contributed by atoms with Crippen molar-refractivity contribution in [2.45, 2.75) is 64.5 Å². The van der Waals surface area contributed by atoms with E-state index in [0.29, 0.717) is 12.6 Å². The second-order valence-electron chi connectivity index (χ2n) is 6.25. The first-order valence-corrected chi connectivity index (χ1v) is 8.87. The van der Waals surface area contributed by atoms with Crippen LogP contribution in [0.3, 0.4) is 0 Å². The molecule has 1 aliphatic heterocycles. The molecule has 1 aromatic rings. The van der Waals surface area contributed by atoms with Crippen molar-refractivity contribution in [3.8, 4) is 5.75 Å². The molecule has 0 amide bonds. The van der Waals surface area contributed by atoms with Gasteiger partial charge in [0.15, 0.2) is 0 Å². The Bertz CT molecular complexity index is 398. The Morgan fingerprint density at radius 1 is 1.23 bits per heavy atom. The number of unbranched alkanes of at least 4 members (excludes halogenated alkanes) is 3. The minimum absolute atomic E-state index is 0.281. The first-order chi connectivity index (χ1) is 10.8. The summed E-state index contributed by atoms with van der Waals surface area (Å²) in [4.78, 5) is 0. The Kier molecular flexibility index (Phi) is 7.75. The predicted octanol–water partition coefficient (Wildman–Crippen LogP) is 4.48. The van der Waals surface area contributed by atoms with Crippen molar-refractivity contribution in [2.24, 2.45) is 0 Å². The maximum Gasteiger partial charge on any atom is 0.119 e. The third-order valence-electron chi connectivity index (χ3n) is 4.32. The summed E-state index contributed by atoms with van der Waals surface area (Å²) in [5.74, 6) is 0.939. The molecule has 3 heteroatoms. The summed E-state index contributed by atoms with van der Waals surface area (Å²) in [6.45, 7) is 7.12. The van der Waals surface area contributed by atoms with Crippen molar-refractivity contribution >= 4 is 0 Å². The van der Waals surface area contributed by atoms with Gasteiger partial charge in [-0.1, -0.05) is 38.3 Å². The van der Waals surface area contributed by atoms with Gasteiger partial charge in [-0.05, 0) is 50.4 Å². The van der Waals surface area contributed by atoms with Gasteiger partial charge in [0, 0.05) is 12.6 Å². The van der Waals surface area contributed by atoms with Crippen molar-refractivity contribution < 1.29 is 9.47 Å². The van der Waals surface area contributed by atoms with Crippen molar-refractivity contribution in [2.75, 3.05) is 19.8 Å². The van der Waals surface area contributed by atoms with Crippen LogP contribution in [-0.4, -0.2) is 25.9 Å². The van der Waals surface area contributed by atoms with E-state index in [-0.39, 0.29) is 6.10 Å². The minimum atomic E-state index is 0.281. The number of hydrogen-bond acceptors (Lipinski definition) is 3. The number of ether oxygens (including phenoxy) is 2. The normalized spacial score (nSPS) is 19.3. The molecule has 1 aromatic carbocycles. The second kappa shape index (κ2) is 9.86. The third kappa shape index (κ3) is 5.98. The van der Waals surface area contributed by atoms with Gasteiger partial charge in [0.1, 0.15) is 12.4 Å². The van der Waals surface area contributed by atoms with Crippen LogP contribution in [0.15, 0.2) is 24.3 Å². The van der Waals surface area contributed by atoms with E-state index in [1.54, 1.807) is 0 Å². The highest BCUT2D eigenvalue weighted by atomic mass is 16.5. The second-order valence-corrected chi connectivity index (χ2v) is 6.25. The molecule has 1 fully saturated rings. The molecule has 1 heterocycles. The highest BCUT2D eigenvalue weighted by Gasteiger charge is 2.15. The summed E-state index contributed by atoms with van der Waals surface area (Å²) in [7, 11) is 0.